The Labute approximate surface area is 146 Å². The zero-order valence-electron chi connectivity index (χ0n) is 13.2. The molecule has 1 amide bonds. The predicted octanol–water partition coefficient (Wildman–Crippen LogP) is 2.33. The molecule has 1 aromatic heterocycles. The number of amides is 1. The fourth-order valence-corrected chi connectivity index (χ4v) is 3.03. The molecule has 23 heavy (non-hydrogen) atoms. The van der Waals surface area contributed by atoms with Crippen LogP contribution in [0.4, 0.5) is 0 Å². The van der Waals surface area contributed by atoms with Crippen LogP contribution in [-0.2, 0) is 24.2 Å². The monoisotopic (exact) mass is 355 g/mol. The number of phenolic OH excluding ortho intramolecular Hbond substituents is 1. The maximum atomic E-state index is 12.1. The summed E-state index contributed by atoms with van der Waals surface area (Å²) in [4.78, 5) is 17.6. The van der Waals surface area contributed by atoms with E-state index in [-0.39, 0.29) is 24.1 Å². The molecule has 0 saturated heterocycles. The lowest BCUT2D eigenvalue weighted by molar-refractivity contribution is -0.122. The molecule has 126 valence electrons. The van der Waals surface area contributed by atoms with E-state index < -0.39 is 6.04 Å². The molecule has 0 radical (unpaired) electrons. The van der Waals surface area contributed by atoms with Gasteiger partial charge in [0.2, 0.25) is 5.91 Å². The Morgan fingerprint density at radius 2 is 2.04 bits per heavy atom. The first-order chi connectivity index (χ1) is 10.5. The number of benzene rings is 1. The van der Waals surface area contributed by atoms with E-state index in [1.54, 1.807) is 35.6 Å². The molecule has 0 saturated carbocycles. The van der Waals surface area contributed by atoms with E-state index in [9.17, 15) is 9.90 Å². The minimum Gasteiger partial charge on any atom is -0.508 e. The van der Waals surface area contributed by atoms with Crippen molar-refractivity contribution in [1.29, 1.82) is 0 Å². The molecule has 0 spiro atoms. The highest BCUT2D eigenvalue weighted by Gasteiger charge is 2.15. The van der Waals surface area contributed by atoms with Crippen molar-refractivity contribution in [2.75, 3.05) is 0 Å². The van der Waals surface area contributed by atoms with Crippen molar-refractivity contribution in [3.8, 4) is 5.75 Å². The van der Waals surface area contributed by atoms with Gasteiger partial charge in [0.25, 0.3) is 0 Å². The average molecular weight is 356 g/mol. The minimum absolute atomic E-state index is 0. The number of thiazole rings is 1. The number of carbonyl (C=O) groups excluding carboxylic acids is 1. The number of rotatable bonds is 6. The van der Waals surface area contributed by atoms with Crippen LogP contribution in [0, 0.1) is 6.92 Å². The molecule has 2 rings (SSSR count). The number of carbonyl (C=O) groups is 1. The van der Waals surface area contributed by atoms with Crippen molar-refractivity contribution in [2.45, 2.75) is 39.3 Å². The highest BCUT2D eigenvalue weighted by Crippen LogP contribution is 2.18. The lowest BCUT2D eigenvalue weighted by atomic mass is 10.1. The van der Waals surface area contributed by atoms with Crippen LogP contribution in [0.2, 0.25) is 0 Å². The molecule has 1 heterocycles. The first-order valence-electron chi connectivity index (χ1n) is 7.26. The molecule has 0 unspecified atom stereocenters. The Kier molecular flexibility index (Phi) is 7.48. The maximum Gasteiger partial charge on any atom is 0.237 e. The van der Waals surface area contributed by atoms with Gasteiger partial charge in [0.15, 0.2) is 0 Å². The Morgan fingerprint density at radius 1 is 1.39 bits per heavy atom. The molecule has 4 N–H and O–H groups in total. The van der Waals surface area contributed by atoms with E-state index in [4.69, 9.17) is 5.73 Å². The molecule has 5 nitrogen and oxygen atoms in total. The van der Waals surface area contributed by atoms with Crippen molar-refractivity contribution in [3.63, 3.8) is 0 Å². The summed E-state index contributed by atoms with van der Waals surface area (Å²) < 4.78 is 0. The van der Waals surface area contributed by atoms with Gasteiger partial charge in [-0.2, -0.15) is 0 Å². The van der Waals surface area contributed by atoms with Crippen LogP contribution in [0.5, 0.6) is 5.75 Å². The van der Waals surface area contributed by atoms with E-state index in [0.29, 0.717) is 13.0 Å². The topological polar surface area (TPSA) is 88.2 Å². The highest BCUT2D eigenvalue weighted by molar-refractivity contribution is 7.11. The quantitative estimate of drug-likeness (QED) is 0.742. The van der Waals surface area contributed by atoms with Crippen molar-refractivity contribution < 1.29 is 9.90 Å². The van der Waals surface area contributed by atoms with Gasteiger partial charge in [-0.3, -0.25) is 4.79 Å². The number of aryl methyl sites for hydroxylation is 2. The molecule has 0 bridgehead atoms. The highest BCUT2D eigenvalue weighted by atomic mass is 35.5. The third-order valence-electron chi connectivity index (χ3n) is 3.39. The van der Waals surface area contributed by atoms with Crippen LogP contribution in [-0.4, -0.2) is 22.0 Å². The Morgan fingerprint density at radius 3 is 2.61 bits per heavy atom. The molecule has 7 heteroatoms. The fourth-order valence-electron chi connectivity index (χ4n) is 2.08. The van der Waals surface area contributed by atoms with Crippen molar-refractivity contribution in [1.82, 2.24) is 10.3 Å². The summed E-state index contributed by atoms with van der Waals surface area (Å²) >= 11 is 1.62. The summed E-state index contributed by atoms with van der Waals surface area (Å²) in [5, 5.41) is 13.2. The lowest BCUT2D eigenvalue weighted by Gasteiger charge is -2.12. The normalized spacial score (nSPS) is 11.6. The lowest BCUT2D eigenvalue weighted by Crippen LogP contribution is -2.41. The molecule has 1 aromatic carbocycles. The predicted molar refractivity (Wildman–Crippen MR) is 95.1 cm³/mol. The summed E-state index contributed by atoms with van der Waals surface area (Å²) in [5.41, 5.74) is 7.82. The third kappa shape index (κ3) is 5.49. The zero-order chi connectivity index (χ0) is 16.1. The first kappa shape index (κ1) is 19.4. The molecular formula is C16H22ClN3O2S. The molecule has 0 aliphatic rings. The number of phenols is 1. The van der Waals surface area contributed by atoms with E-state index in [2.05, 4.69) is 17.2 Å². The SMILES string of the molecule is CCc1nc(C)c(CNC(=O)[C@@H](N)Cc2ccc(O)cc2)s1.Cl. The van der Waals surface area contributed by atoms with Crippen LogP contribution in [0.15, 0.2) is 24.3 Å². The minimum atomic E-state index is -0.608. The van der Waals surface area contributed by atoms with E-state index in [1.807, 2.05) is 6.92 Å². The third-order valence-corrected chi connectivity index (χ3v) is 4.69. The number of nitrogens with two attached hydrogens (primary N) is 1. The van der Waals surface area contributed by atoms with E-state index >= 15 is 0 Å². The second-order valence-corrected chi connectivity index (χ2v) is 6.33. The van der Waals surface area contributed by atoms with Gasteiger partial charge in [0.05, 0.1) is 23.3 Å². The Hall–Kier alpha value is -1.63. The van der Waals surface area contributed by atoms with E-state index in [0.717, 1.165) is 27.6 Å². The zero-order valence-corrected chi connectivity index (χ0v) is 14.8. The van der Waals surface area contributed by atoms with Crippen LogP contribution < -0.4 is 11.1 Å². The van der Waals surface area contributed by atoms with Gasteiger partial charge in [0, 0.05) is 4.88 Å². The smallest absolute Gasteiger partial charge is 0.237 e. The average Bonchev–Trinajstić information content (AvgIpc) is 2.87. The largest absolute Gasteiger partial charge is 0.508 e. The Bertz CT molecular complexity index is 643. The summed E-state index contributed by atoms with van der Waals surface area (Å²) in [7, 11) is 0. The van der Waals surface area contributed by atoms with Gasteiger partial charge in [-0.1, -0.05) is 19.1 Å². The fraction of sp³-hybridized carbons (Fsp3) is 0.375. The van der Waals surface area contributed by atoms with Gasteiger partial charge < -0.3 is 16.2 Å². The summed E-state index contributed by atoms with van der Waals surface area (Å²) in [6.45, 7) is 4.48. The van der Waals surface area contributed by atoms with Crippen LogP contribution in [0.25, 0.3) is 0 Å². The van der Waals surface area contributed by atoms with Gasteiger partial charge in [-0.05, 0) is 37.5 Å². The van der Waals surface area contributed by atoms with Gasteiger partial charge in [0.1, 0.15) is 5.75 Å². The van der Waals surface area contributed by atoms with Crippen molar-refractivity contribution >= 4 is 29.7 Å². The van der Waals surface area contributed by atoms with Crippen molar-refractivity contribution in [2.24, 2.45) is 5.73 Å². The summed E-state index contributed by atoms with van der Waals surface area (Å²) in [6.07, 6.45) is 1.34. The maximum absolute atomic E-state index is 12.1. The Balaban J connectivity index is 0.00000264. The molecule has 2 aromatic rings. The van der Waals surface area contributed by atoms with Crippen LogP contribution in [0.3, 0.4) is 0 Å². The number of aromatic nitrogens is 1. The molecule has 0 aliphatic carbocycles. The van der Waals surface area contributed by atoms with Crippen molar-refractivity contribution in [3.05, 3.63) is 45.4 Å². The molecular weight excluding hydrogens is 334 g/mol. The van der Waals surface area contributed by atoms with Gasteiger partial charge in [-0.25, -0.2) is 4.98 Å². The van der Waals surface area contributed by atoms with Crippen LogP contribution >= 0.6 is 23.7 Å². The number of hydrogen-bond acceptors (Lipinski definition) is 5. The van der Waals surface area contributed by atoms with E-state index in [1.165, 1.54) is 0 Å². The second-order valence-electron chi connectivity index (χ2n) is 5.16. The summed E-state index contributed by atoms with van der Waals surface area (Å²) in [5.74, 6) is 0.0214. The number of aromatic hydroxyl groups is 1. The number of nitrogens with one attached hydrogen (secondary N) is 1. The standard InChI is InChI=1S/C16H21N3O2S.ClH/c1-3-15-19-10(2)14(22-15)9-18-16(21)13(17)8-11-4-6-12(20)7-5-11;/h4-7,13,20H,3,8-9,17H2,1-2H3,(H,18,21);1H/t13-;/m0./s1. The number of nitrogens with zero attached hydrogens (tertiary/aromatic N) is 1. The first-order valence-corrected chi connectivity index (χ1v) is 8.07. The molecule has 0 fully saturated rings. The summed E-state index contributed by atoms with van der Waals surface area (Å²) in [6, 6.07) is 6.11. The van der Waals surface area contributed by atoms with Gasteiger partial charge in [-0.15, -0.1) is 23.7 Å². The number of halogens is 1. The van der Waals surface area contributed by atoms with Crippen LogP contribution in [0.1, 0.15) is 28.1 Å². The second kappa shape index (κ2) is 8.86. The number of hydrogen-bond donors (Lipinski definition) is 3. The molecule has 1 atom stereocenters. The van der Waals surface area contributed by atoms with Gasteiger partial charge >= 0.3 is 0 Å². The molecule has 0 aliphatic heterocycles.